The zero-order valence-electron chi connectivity index (χ0n) is 13.2. The van der Waals surface area contributed by atoms with Crippen molar-refractivity contribution < 1.29 is 13.3 Å². The number of nitrogens with two attached hydrogens (primary N) is 1. The number of rotatable bonds is 13. The molecule has 19 heavy (non-hydrogen) atoms. The lowest BCUT2D eigenvalue weighted by Crippen LogP contribution is -2.42. The van der Waals surface area contributed by atoms with Crippen molar-refractivity contribution in [2.45, 2.75) is 70.4 Å². The highest BCUT2D eigenvalue weighted by molar-refractivity contribution is 6.60. The highest BCUT2D eigenvalue weighted by atomic mass is 28.4. The lowest BCUT2D eigenvalue weighted by molar-refractivity contribution is 0.122. The van der Waals surface area contributed by atoms with E-state index in [1.54, 1.807) is 21.3 Å². The quantitative estimate of drug-likeness (QED) is 0.418. The highest BCUT2D eigenvalue weighted by Gasteiger charge is 2.36. The Morgan fingerprint density at radius 2 is 1.37 bits per heavy atom. The molecular weight excluding hydrogens is 258 g/mol. The third-order valence-electron chi connectivity index (χ3n) is 3.67. The number of unbranched alkanes of at least 4 members (excludes halogenated alkanes) is 4. The summed E-state index contributed by atoms with van der Waals surface area (Å²) in [5.41, 5.74) is 6.14. The largest absolute Gasteiger partial charge is 0.500 e. The second-order valence-electron chi connectivity index (χ2n) is 5.15. The molecule has 0 radical (unpaired) electrons. The summed E-state index contributed by atoms with van der Waals surface area (Å²) in [4.78, 5) is 0. The molecule has 0 spiro atoms. The fraction of sp³-hybridized carbons (Fsp3) is 1.00. The van der Waals surface area contributed by atoms with Crippen LogP contribution in [0.2, 0.25) is 6.04 Å². The van der Waals surface area contributed by atoms with Gasteiger partial charge in [-0.25, -0.2) is 0 Å². The molecule has 0 amide bonds. The maximum atomic E-state index is 6.14. The molecule has 0 saturated carbocycles. The topological polar surface area (TPSA) is 53.7 Å². The Hall–Kier alpha value is 0.0569. The second-order valence-corrected chi connectivity index (χ2v) is 8.24. The molecule has 0 aliphatic heterocycles. The Morgan fingerprint density at radius 3 is 1.89 bits per heavy atom. The minimum absolute atomic E-state index is 0.305. The van der Waals surface area contributed by atoms with E-state index in [4.69, 9.17) is 19.0 Å². The molecule has 0 aliphatic carbocycles. The van der Waals surface area contributed by atoms with Gasteiger partial charge in [-0.05, 0) is 19.3 Å². The average molecular weight is 292 g/mol. The predicted octanol–water partition coefficient (Wildman–Crippen LogP) is 3.33. The van der Waals surface area contributed by atoms with Crippen molar-refractivity contribution >= 4 is 8.80 Å². The molecule has 116 valence electrons. The molecule has 0 fully saturated rings. The average Bonchev–Trinajstić information content (AvgIpc) is 2.44. The summed E-state index contributed by atoms with van der Waals surface area (Å²) in [5, 5.41) is 0. The molecule has 0 saturated heterocycles. The molecule has 1 unspecified atom stereocenters. The van der Waals surface area contributed by atoms with E-state index in [9.17, 15) is 0 Å². The molecule has 0 aromatic carbocycles. The Bertz CT molecular complexity index is 193. The number of hydrogen-bond acceptors (Lipinski definition) is 4. The Kier molecular flexibility index (Phi) is 11.9. The standard InChI is InChI=1S/C14H33NO3Si/c1-5-6-7-8-9-11-14(15)12-10-13-19(16-2,17-3)18-4/h14H,5-13,15H2,1-4H3. The monoisotopic (exact) mass is 291 g/mol. The van der Waals surface area contributed by atoms with Crippen LogP contribution in [-0.2, 0) is 13.3 Å². The van der Waals surface area contributed by atoms with Gasteiger partial charge in [0.15, 0.2) is 0 Å². The Labute approximate surface area is 120 Å². The van der Waals surface area contributed by atoms with Crippen molar-refractivity contribution in [2.24, 2.45) is 5.73 Å². The van der Waals surface area contributed by atoms with Crippen LogP contribution < -0.4 is 5.73 Å². The summed E-state index contributed by atoms with van der Waals surface area (Å²) < 4.78 is 16.2. The van der Waals surface area contributed by atoms with Crippen LogP contribution in [0.15, 0.2) is 0 Å². The first-order valence-electron chi connectivity index (χ1n) is 7.55. The first-order valence-corrected chi connectivity index (χ1v) is 9.48. The fourth-order valence-corrected chi connectivity index (χ4v) is 4.04. The van der Waals surface area contributed by atoms with E-state index in [1.807, 2.05) is 0 Å². The minimum Gasteiger partial charge on any atom is -0.377 e. The summed E-state index contributed by atoms with van der Waals surface area (Å²) in [6, 6.07) is 1.15. The molecule has 2 N–H and O–H groups in total. The van der Waals surface area contributed by atoms with Gasteiger partial charge >= 0.3 is 8.80 Å². The van der Waals surface area contributed by atoms with E-state index in [1.165, 1.54) is 32.1 Å². The molecule has 0 aliphatic rings. The maximum Gasteiger partial charge on any atom is 0.500 e. The van der Waals surface area contributed by atoms with Crippen LogP contribution in [0.25, 0.3) is 0 Å². The molecule has 0 rings (SSSR count). The normalized spacial score (nSPS) is 13.7. The smallest absolute Gasteiger partial charge is 0.377 e. The summed E-state index contributed by atoms with van der Waals surface area (Å²) in [7, 11) is 2.59. The fourth-order valence-electron chi connectivity index (χ4n) is 2.29. The predicted molar refractivity (Wildman–Crippen MR) is 82.2 cm³/mol. The van der Waals surface area contributed by atoms with Crippen LogP contribution >= 0.6 is 0 Å². The van der Waals surface area contributed by atoms with Gasteiger partial charge in [0.1, 0.15) is 0 Å². The van der Waals surface area contributed by atoms with Gasteiger partial charge < -0.3 is 19.0 Å². The first-order chi connectivity index (χ1) is 9.14. The zero-order chi connectivity index (χ0) is 14.6. The highest BCUT2D eigenvalue weighted by Crippen LogP contribution is 2.18. The van der Waals surface area contributed by atoms with Crippen molar-refractivity contribution in [1.82, 2.24) is 0 Å². The maximum absolute atomic E-state index is 6.14. The van der Waals surface area contributed by atoms with E-state index in [0.717, 1.165) is 25.3 Å². The van der Waals surface area contributed by atoms with Gasteiger partial charge in [-0.1, -0.05) is 39.0 Å². The summed E-state index contributed by atoms with van der Waals surface area (Å²) in [5.74, 6) is 0. The van der Waals surface area contributed by atoms with Crippen LogP contribution in [-0.4, -0.2) is 36.2 Å². The van der Waals surface area contributed by atoms with Crippen LogP contribution in [0.5, 0.6) is 0 Å². The SMILES string of the molecule is CCCCCCCC(N)CCC[Si](OC)(OC)OC. The van der Waals surface area contributed by atoms with E-state index in [-0.39, 0.29) is 0 Å². The van der Waals surface area contributed by atoms with Crippen LogP contribution in [0, 0.1) is 0 Å². The van der Waals surface area contributed by atoms with E-state index in [2.05, 4.69) is 6.92 Å². The van der Waals surface area contributed by atoms with Gasteiger partial charge in [0.25, 0.3) is 0 Å². The summed E-state index contributed by atoms with van der Waals surface area (Å²) in [6.45, 7) is 2.24. The van der Waals surface area contributed by atoms with Crippen molar-refractivity contribution in [3.8, 4) is 0 Å². The van der Waals surface area contributed by atoms with Gasteiger partial charge in [-0.15, -0.1) is 0 Å². The van der Waals surface area contributed by atoms with Gasteiger partial charge in [0.05, 0.1) is 0 Å². The minimum atomic E-state index is -2.39. The zero-order valence-corrected chi connectivity index (χ0v) is 14.2. The van der Waals surface area contributed by atoms with Crippen molar-refractivity contribution in [1.29, 1.82) is 0 Å². The van der Waals surface area contributed by atoms with Gasteiger partial charge in [-0.3, -0.25) is 0 Å². The molecule has 4 nitrogen and oxygen atoms in total. The molecule has 0 bridgehead atoms. The second kappa shape index (κ2) is 11.8. The van der Waals surface area contributed by atoms with Gasteiger partial charge in [-0.2, -0.15) is 0 Å². The third-order valence-corrected chi connectivity index (χ3v) is 6.50. The van der Waals surface area contributed by atoms with Gasteiger partial charge in [0, 0.05) is 33.4 Å². The molecule has 5 heteroatoms. The lowest BCUT2D eigenvalue weighted by atomic mass is 10.0. The van der Waals surface area contributed by atoms with Crippen molar-refractivity contribution in [3.63, 3.8) is 0 Å². The van der Waals surface area contributed by atoms with Crippen LogP contribution in [0.4, 0.5) is 0 Å². The summed E-state index contributed by atoms with van der Waals surface area (Å²) in [6.07, 6.45) is 9.72. The van der Waals surface area contributed by atoms with Crippen LogP contribution in [0.1, 0.15) is 58.3 Å². The Morgan fingerprint density at radius 1 is 0.842 bits per heavy atom. The number of hydrogen-bond donors (Lipinski definition) is 1. The lowest BCUT2D eigenvalue weighted by Gasteiger charge is -2.24. The van der Waals surface area contributed by atoms with E-state index >= 15 is 0 Å². The molecular formula is C14H33NO3Si. The summed E-state index contributed by atoms with van der Waals surface area (Å²) >= 11 is 0. The van der Waals surface area contributed by atoms with Crippen molar-refractivity contribution in [2.75, 3.05) is 21.3 Å². The molecule has 0 heterocycles. The first kappa shape index (κ1) is 19.1. The molecule has 0 aromatic rings. The third kappa shape index (κ3) is 8.76. The molecule has 0 aromatic heterocycles. The van der Waals surface area contributed by atoms with Gasteiger partial charge in [0.2, 0.25) is 0 Å². The van der Waals surface area contributed by atoms with Crippen LogP contribution in [0.3, 0.4) is 0 Å². The van der Waals surface area contributed by atoms with E-state index in [0.29, 0.717) is 6.04 Å². The Balaban J connectivity index is 3.64. The van der Waals surface area contributed by atoms with Crippen molar-refractivity contribution in [3.05, 3.63) is 0 Å². The van der Waals surface area contributed by atoms with E-state index < -0.39 is 8.80 Å². The molecule has 1 atom stereocenters.